The average Bonchev–Trinajstić information content (AvgIpc) is 3.29. The number of aliphatic hydroxyl groups is 1. The van der Waals surface area contributed by atoms with Gasteiger partial charge in [0.15, 0.2) is 0 Å². The van der Waals surface area contributed by atoms with Crippen LogP contribution in [0.2, 0.25) is 0 Å². The molecule has 2 N–H and O–H groups in total. The normalized spacial score (nSPS) is 20.7. The summed E-state index contributed by atoms with van der Waals surface area (Å²) in [5.41, 5.74) is 6.59. The number of aliphatic hydroxyl groups excluding tert-OH is 1. The first-order valence-electron chi connectivity index (χ1n) is 12.6. The van der Waals surface area contributed by atoms with E-state index in [0.717, 1.165) is 58.0 Å². The van der Waals surface area contributed by atoms with Crippen molar-refractivity contribution >= 4 is 33.9 Å². The molecular formula is C29H26N6OS. The first-order chi connectivity index (χ1) is 18.2. The van der Waals surface area contributed by atoms with Crippen LogP contribution in [0.25, 0.3) is 32.5 Å². The predicted molar refractivity (Wildman–Crippen MR) is 146 cm³/mol. The van der Waals surface area contributed by atoms with Gasteiger partial charge in [0.25, 0.3) is 0 Å². The summed E-state index contributed by atoms with van der Waals surface area (Å²) in [6.45, 7) is 3.56. The Balaban J connectivity index is 1.09. The molecule has 8 heteroatoms. The number of aromatic nitrogens is 4. The molecule has 2 unspecified atom stereocenters. The summed E-state index contributed by atoms with van der Waals surface area (Å²) in [5, 5.41) is 17.8. The maximum Gasteiger partial charge on any atom is 0.141 e. The van der Waals surface area contributed by atoms with E-state index in [4.69, 9.17) is 0 Å². The number of anilines is 2. The molecule has 0 amide bonds. The molecule has 1 saturated carbocycles. The van der Waals surface area contributed by atoms with Crippen molar-refractivity contribution < 1.29 is 5.11 Å². The van der Waals surface area contributed by atoms with E-state index in [2.05, 4.69) is 84.4 Å². The van der Waals surface area contributed by atoms with Crippen LogP contribution in [-0.2, 0) is 6.54 Å². The standard InChI is InChI=1S/C29H26N6OS/c36-16-26-24-14-35(15-25(24)26)13-18-1-3-19(4-2-18)21-7-10-27-23(11-21)29(31-17-30-27)33-22-8-5-20(6-9-22)28-12-32-34-37-28/h1-12,17,24-26,36H,13-16H2,(H,30,31,33). The molecule has 3 aromatic carbocycles. The second kappa shape index (κ2) is 9.30. The molecule has 2 aliphatic rings. The van der Waals surface area contributed by atoms with E-state index in [1.807, 2.05) is 12.1 Å². The van der Waals surface area contributed by atoms with Crippen molar-refractivity contribution in [2.75, 3.05) is 25.0 Å². The van der Waals surface area contributed by atoms with E-state index in [-0.39, 0.29) is 0 Å². The van der Waals surface area contributed by atoms with Crippen molar-refractivity contribution in [3.63, 3.8) is 0 Å². The Labute approximate surface area is 219 Å². The van der Waals surface area contributed by atoms with Crippen LogP contribution in [0.15, 0.2) is 79.3 Å². The monoisotopic (exact) mass is 506 g/mol. The molecule has 7 nitrogen and oxygen atoms in total. The minimum atomic E-state index is 0.351. The van der Waals surface area contributed by atoms with Gasteiger partial charge in [-0.05, 0) is 75.8 Å². The van der Waals surface area contributed by atoms with Crippen molar-refractivity contribution in [1.29, 1.82) is 0 Å². The van der Waals surface area contributed by atoms with Crippen LogP contribution in [0, 0.1) is 17.8 Å². The van der Waals surface area contributed by atoms with Crippen molar-refractivity contribution in [1.82, 2.24) is 24.5 Å². The number of piperidine rings is 1. The molecule has 37 heavy (non-hydrogen) atoms. The van der Waals surface area contributed by atoms with Gasteiger partial charge < -0.3 is 10.4 Å². The number of nitrogens with one attached hydrogen (secondary N) is 1. The highest BCUT2D eigenvalue weighted by molar-refractivity contribution is 7.09. The number of benzene rings is 3. The van der Waals surface area contributed by atoms with Crippen LogP contribution >= 0.6 is 11.5 Å². The highest BCUT2D eigenvalue weighted by Crippen LogP contribution is 2.51. The molecule has 2 aromatic heterocycles. The lowest BCUT2D eigenvalue weighted by Crippen LogP contribution is -2.24. The second-order valence-electron chi connectivity index (χ2n) is 10.0. The van der Waals surface area contributed by atoms with Gasteiger partial charge in [0.2, 0.25) is 0 Å². The Morgan fingerprint density at radius 1 is 0.892 bits per heavy atom. The smallest absolute Gasteiger partial charge is 0.141 e. The Morgan fingerprint density at radius 2 is 1.65 bits per heavy atom. The first kappa shape index (κ1) is 22.5. The molecule has 3 heterocycles. The van der Waals surface area contributed by atoms with Crippen molar-refractivity contribution in [2.24, 2.45) is 17.8 Å². The van der Waals surface area contributed by atoms with Gasteiger partial charge in [-0.2, -0.15) is 0 Å². The third-order valence-electron chi connectivity index (χ3n) is 7.78. The fraction of sp³-hybridized carbons (Fsp3) is 0.241. The largest absolute Gasteiger partial charge is 0.396 e. The topological polar surface area (TPSA) is 87.1 Å². The van der Waals surface area contributed by atoms with Gasteiger partial charge in [-0.25, -0.2) is 9.97 Å². The maximum atomic E-state index is 9.39. The molecule has 184 valence electrons. The molecular weight excluding hydrogens is 480 g/mol. The van der Waals surface area contributed by atoms with Gasteiger partial charge in [0.05, 0.1) is 16.6 Å². The van der Waals surface area contributed by atoms with Crippen molar-refractivity contribution in [3.8, 4) is 21.6 Å². The first-order valence-corrected chi connectivity index (χ1v) is 13.3. The van der Waals surface area contributed by atoms with Gasteiger partial charge in [-0.3, -0.25) is 4.90 Å². The van der Waals surface area contributed by atoms with Crippen LogP contribution in [0.1, 0.15) is 5.56 Å². The molecule has 5 aromatic rings. The highest BCUT2D eigenvalue weighted by Gasteiger charge is 2.54. The molecule has 7 rings (SSSR count). The lowest BCUT2D eigenvalue weighted by atomic mass is 10.0. The third-order valence-corrected chi connectivity index (χ3v) is 8.49. The van der Waals surface area contributed by atoms with Gasteiger partial charge in [0.1, 0.15) is 12.1 Å². The van der Waals surface area contributed by atoms with Crippen molar-refractivity contribution in [3.05, 3.63) is 84.8 Å². The molecule has 0 radical (unpaired) electrons. The minimum Gasteiger partial charge on any atom is -0.396 e. The third kappa shape index (κ3) is 4.37. The Hall–Kier alpha value is -3.72. The number of likely N-dealkylation sites (tertiary alicyclic amines) is 1. The van der Waals surface area contributed by atoms with Crippen LogP contribution in [0.4, 0.5) is 11.5 Å². The molecule has 2 atom stereocenters. The quantitative estimate of drug-likeness (QED) is 0.313. The van der Waals surface area contributed by atoms with Crippen molar-refractivity contribution in [2.45, 2.75) is 6.54 Å². The second-order valence-corrected chi connectivity index (χ2v) is 10.8. The lowest BCUT2D eigenvalue weighted by molar-refractivity contribution is 0.217. The Kier molecular flexibility index (Phi) is 5.65. The molecule has 1 aliphatic heterocycles. The predicted octanol–water partition coefficient (Wildman–Crippen LogP) is 5.23. The van der Waals surface area contributed by atoms with E-state index in [9.17, 15) is 5.11 Å². The summed E-state index contributed by atoms with van der Waals surface area (Å²) in [6, 6.07) is 23.4. The fourth-order valence-electron chi connectivity index (χ4n) is 5.68. The Bertz CT molecular complexity index is 1530. The van der Waals surface area contributed by atoms with E-state index in [0.29, 0.717) is 24.4 Å². The summed E-state index contributed by atoms with van der Waals surface area (Å²) >= 11 is 1.39. The average molecular weight is 507 g/mol. The molecule has 1 saturated heterocycles. The molecule has 0 bridgehead atoms. The summed E-state index contributed by atoms with van der Waals surface area (Å²) in [4.78, 5) is 12.6. The lowest BCUT2D eigenvalue weighted by Gasteiger charge is -2.19. The summed E-state index contributed by atoms with van der Waals surface area (Å²) in [7, 11) is 0. The zero-order chi connectivity index (χ0) is 24.8. The zero-order valence-corrected chi connectivity index (χ0v) is 21.0. The minimum absolute atomic E-state index is 0.351. The molecule has 2 fully saturated rings. The van der Waals surface area contributed by atoms with Gasteiger partial charge >= 0.3 is 0 Å². The number of fused-ring (bicyclic) bond motifs is 2. The van der Waals surface area contributed by atoms with E-state index >= 15 is 0 Å². The summed E-state index contributed by atoms with van der Waals surface area (Å²) in [5.74, 6) is 2.75. The number of hydrogen-bond donors (Lipinski definition) is 2. The number of hydrogen-bond acceptors (Lipinski definition) is 8. The van der Waals surface area contributed by atoms with Crippen LogP contribution < -0.4 is 5.32 Å². The van der Waals surface area contributed by atoms with Gasteiger partial charge in [-0.15, -0.1) is 5.10 Å². The van der Waals surface area contributed by atoms with E-state index in [1.54, 1.807) is 12.5 Å². The summed E-state index contributed by atoms with van der Waals surface area (Å²) in [6.07, 6.45) is 3.38. The number of nitrogens with zero attached hydrogens (tertiary/aromatic N) is 5. The van der Waals surface area contributed by atoms with Crippen LogP contribution in [0.3, 0.4) is 0 Å². The number of rotatable bonds is 7. The molecule has 1 aliphatic carbocycles. The Morgan fingerprint density at radius 3 is 2.38 bits per heavy atom. The van der Waals surface area contributed by atoms with Crippen LogP contribution in [-0.4, -0.2) is 49.3 Å². The highest BCUT2D eigenvalue weighted by atomic mass is 32.1. The summed E-state index contributed by atoms with van der Waals surface area (Å²) < 4.78 is 3.94. The van der Waals surface area contributed by atoms with Gasteiger partial charge in [0, 0.05) is 37.3 Å². The SMILES string of the molecule is OCC1C2CN(Cc3ccc(-c4ccc5ncnc(Nc6ccc(-c7cnns7)cc6)c5c4)cc3)CC12. The van der Waals surface area contributed by atoms with E-state index < -0.39 is 0 Å². The van der Waals surface area contributed by atoms with Crippen LogP contribution in [0.5, 0.6) is 0 Å². The molecule has 0 spiro atoms. The van der Waals surface area contributed by atoms with Gasteiger partial charge in [-0.1, -0.05) is 47.0 Å². The van der Waals surface area contributed by atoms with E-state index in [1.165, 1.54) is 22.7 Å². The zero-order valence-electron chi connectivity index (χ0n) is 20.2. The fourth-order valence-corrected chi connectivity index (χ4v) is 6.20. The maximum absolute atomic E-state index is 9.39.